The lowest BCUT2D eigenvalue weighted by Crippen LogP contribution is -2.51. The van der Waals surface area contributed by atoms with E-state index in [1.807, 2.05) is 6.07 Å². The first kappa shape index (κ1) is 20.2. The van der Waals surface area contributed by atoms with Crippen LogP contribution in [-0.4, -0.2) is 36.8 Å². The van der Waals surface area contributed by atoms with Crippen molar-refractivity contribution in [3.05, 3.63) is 47.3 Å². The molecule has 1 saturated heterocycles. The molecule has 2 aromatic rings. The Morgan fingerprint density at radius 1 is 1.32 bits per heavy atom. The summed E-state index contributed by atoms with van der Waals surface area (Å²) in [6, 6.07) is 11.2. The van der Waals surface area contributed by atoms with Crippen LogP contribution >= 0.6 is 0 Å². The maximum Gasteiger partial charge on any atom is 0.191 e. The third-order valence-corrected chi connectivity index (χ3v) is 5.07. The molecule has 1 atom stereocenters. The second kappa shape index (κ2) is 9.62. The van der Waals surface area contributed by atoms with Crippen molar-refractivity contribution in [2.24, 2.45) is 4.99 Å². The predicted molar refractivity (Wildman–Crippen MR) is 115 cm³/mol. The smallest absolute Gasteiger partial charge is 0.191 e. The monoisotopic (exact) mass is 383 g/mol. The van der Waals surface area contributed by atoms with Crippen molar-refractivity contribution < 1.29 is 4.52 Å². The van der Waals surface area contributed by atoms with Gasteiger partial charge in [0.05, 0.1) is 5.69 Å². The number of piperidine rings is 1. The molecule has 0 spiro atoms. The molecule has 6 heteroatoms. The van der Waals surface area contributed by atoms with Crippen LogP contribution in [0.1, 0.15) is 56.5 Å². The number of guanidine groups is 1. The molecule has 0 saturated carbocycles. The lowest BCUT2D eigenvalue weighted by molar-refractivity contribution is 0.376. The van der Waals surface area contributed by atoms with E-state index < -0.39 is 0 Å². The second-order valence-electron chi connectivity index (χ2n) is 7.83. The van der Waals surface area contributed by atoms with Crippen molar-refractivity contribution >= 4 is 11.6 Å². The summed E-state index contributed by atoms with van der Waals surface area (Å²) in [5.41, 5.74) is 3.57. The molecule has 1 aromatic carbocycles. The van der Waals surface area contributed by atoms with Crippen molar-refractivity contribution in [2.45, 2.75) is 59.0 Å². The van der Waals surface area contributed by atoms with E-state index in [-0.39, 0.29) is 0 Å². The number of aliphatic imine (C=N–C) groups is 1. The van der Waals surface area contributed by atoms with Gasteiger partial charge in [0.25, 0.3) is 0 Å². The van der Waals surface area contributed by atoms with Gasteiger partial charge in [-0.2, -0.15) is 0 Å². The average molecular weight is 384 g/mol. The lowest BCUT2D eigenvalue weighted by atomic mass is 10.0. The number of hydrogen-bond acceptors (Lipinski definition) is 4. The Morgan fingerprint density at radius 3 is 2.79 bits per heavy atom. The first-order valence-corrected chi connectivity index (χ1v) is 10.4. The van der Waals surface area contributed by atoms with Gasteiger partial charge in [0, 0.05) is 37.4 Å². The van der Waals surface area contributed by atoms with Crippen molar-refractivity contribution in [3.8, 4) is 0 Å². The fourth-order valence-electron chi connectivity index (χ4n) is 3.43. The number of nitrogens with one attached hydrogen (secondary N) is 2. The molecule has 152 valence electrons. The summed E-state index contributed by atoms with van der Waals surface area (Å²) in [5.74, 6) is 1.99. The standard InChI is InChI=1S/C22H33N5O/c1-5-23-22(24-14-20-13-21(16(2)3)26-28-20)25-18-7-6-12-27(15-18)19-10-8-17(4)9-11-19/h8-11,13,16,18H,5-7,12,14-15H2,1-4H3,(H2,23,24,25). The Balaban J connectivity index is 1.61. The Morgan fingerprint density at radius 2 is 2.11 bits per heavy atom. The van der Waals surface area contributed by atoms with E-state index in [1.165, 1.54) is 17.7 Å². The average Bonchev–Trinajstić information content (AvgIpc) is 3.17. The van der Waals surface area contributed by atoms with Crippen LogP contribution in [-0.2, 0) is 6.54 Å². The van der Waals surface area contributed by atoms with Crippen LogP contribution in [0.5, 0.6) is 0 Å². The molecule has 1 aliphatic rings. The van der Waals surface area contributed by atoms with Crippen LogP contribution in [0, 0.1) is 6.92 Å². The molecule has 2 N–H and O–H groups in total. The topological polar surface area (TPSA) is 65.7 Å². The Labute approximate surface area is 168 Å². The molecule has 1 aliphatic heterocycles. The number of hydrogen-bond donors (Lipinski definition) is 2. The molecule has 0 amide bonds. The third-order valence-electron chi connectivity index (χ3n) is 5.07. The minimum absolute atomic E-state index is 0.364. The van der Waals surface area contributed by atoms with Crippen LogP contribution in [0.25, 0.3) is 0 Å². The summed E-state index contributed by atoms with van der Waals surface area (Å²) >= 11 is 0. The van der Waals surface area contributed by atoms with E-state index in [0.717, 1.165) is 43.5 Å². The zero-order chi connectivity index (χ0) is 19.9. The molecule has 1 aromatic heterocycles. The highest BCUT2D eigenvalue weighted by Crippen LogP contribution is 2.20. The van der Waals surface area contributed by atoms with Gasteiger partial charge in [-0.1, -0.05) is 36.7 Å². The first-order chi connectivity index (χ1) is 13.5. The highest BCUT2D eigenvalue weighted by Gasteiger charge is 2.21. The van der Waals surface area contributed by atoms with E-state index in [9.17, 15) is 0 Å². The minimum Gasteiger partial charge on any atom is -0.369 e. The van der Waals surface area contributed by atoms with Gasteiger partial charge >= 0.3 is 0 Å². The summed E-state index contributed by atoms with van der Waals surface area (Å²) in [7, 11) is 0. The summed E-state index contributed by atoms with van der Waals surface area (Å²) < 4.78 is 5.41. The number of nitrogens with zero attached hydrogens (tertiary/aromatic N) is 3. The molecular weight excluding hydrogens is 350 g/mol. The maximum atomic E-state index is 5.41. The van der Waals surface area contributed by atoms with Gasteiger partial charge in [-0.05, 0) is 44.7 Å². The molecule has 28 heavy (non-hydrogen) atoms. The van der Waals surface area contributed by atoms with Gasteiger partial charge in [0.2, 0.25) is 0 Å². The molecule has 1 unspecified atom stereocenters. The van der Waals surface area contributed by atoms with E-state index >= 15 is 0 Å². The molecule has 0 bridgehead atoms. The van der Waals surface area contributed by atoms with Crippen LogP contribution in [0.4, 0.5) is 5.69 Å². The summed E-state index contributed by atoms with van der Waals surface area (Å²) in [5, 5.41) is 11.1. The van der Waals surface area contributed by atoms with Gasteiger partial charge in [-0.3, -0.25) is 0 Å². The summed E-state index contributed by atoms with van der Waals surface area (Å²) in [4.78, 5) is 7.16. The molecule has 0 radical (unpaired) electrons. The van der Waals surface area contributed by atoms with Crippen molar-refractivity contribution in [2.75, 3.05) is 24.5 Å². The van der Waals surface area contributed by atoms with Crippen molar-refractivity contribution in [1.82, 2.24) is 15.8 Å². The largest absolute Gasteiger partial charge is 0.369 e. The molecule has 0 aliphatic carbocycles. The van der Waals surface area contributed by atoms with Gasteiger partial charge in [0.1, 0.15) is 6.54 Å². The molecule has 2 heterocycles. The van der Waals surface area contributed by atoms with E-state index in [4.69, 9.17) is 9.52 Å². The zero-order valence-corrected chi connectivity index (χ0v) is 17.5. The Hall–Kier alpha value is -2.50. The number of benzene rings is 1. The Bertz CT molecular complexity index is 765. The normalized spacial score (nSPS) is 17.8. The maximum absolute atomic E-state index is 5.41. The van der Waals surface area contributed by atoms with Crippen molar-refractivity contribution in [1.29, 1.82) is 0 Å². The minimum atomic E-state index is 0.364. The quantitative estimate of drug-likeness (QED) is 0.586. The number of aromatic nitrogens is 1. The van der Waals surface area contributed by atoms with E-state index in [1.54, 1.807) is 0 Å². The second-order valence-corrected chi connectivity index (χ2v) is 7.83. The Kier molecular flexibility index (Phi) is 6.95. The molecule has 1 fully saturated rings. The fraction of sp³-hybridized carbons (Fsp3) is 0.545. The number of anilines is 1. The predicted octanol–water partition coefficient (Wildman–Crippen LogP) is 3.83. The first-order valence-electron chi connectivity index (χ1n) is 10.4. The SMILES string of the molecule is CCNC(=NCc1cc(C(C)C)no1)NC1CCCN(c2ccc(C)cc2)C1. The van der Waals surface area contributed by atoms with Gasteiger partial charge in [0.15, 0.2) is 11.7 Å². The van der Waals surface area contributed by atoms with Crippen LogP contribution in [0.2, 0.25) is 0 Å². The van der Waals surface area contributed by atoms with Gasteiger partial charge in [-0.15, -0.1) is 0 Å². The van der Waals surface area contributed by atoms with Crippen LogP contribution in [0.15, 0.2) is 39.8 Å². The van der Waals surface area contributed by atoms with E-state index in [0.29, 0.717) is 18.5 Å². The highest BCUT2D eigenvalue weighted by molar-refractivity contribution is 5.80. The molecule has 3 rings (SSSR count). The lowest BCUT2D eigenvalue weighted by Gasteiger charge is -2.35. The van der Waals surface area contributed by atoms with Crippen LogP contribution < -0.4 is 15.5 Å². The van der Waals surface area contributed by atoms with Crippen LogP contribution in [0.3, 0.4) is 0 Å². The number of aryl methyl sites for hydroxylation is 1. The summed E-state index contributed by atoms with van der Waals surface area (Å²) in [6.45, 7) is 11.8. The number of rotatable bonds is 6. The fourth-order valence-corrected chi connectivity index (χ4v) is 3.43. The highest BCUT2D eigenvalue weighted by atomic mass is 16.5. The molecule has 6 nitrogen and oxygen atoms in total. The van der Waals surface area contributed by atoms with E-state index in [2.05, 4.69) is 72.7 Å². The molecular formula is C22H33N5O. The third kappa shape index (κ3) is 5.50. The zero-order valence-electron chi connectivity index (χ0n) is 17.5. The van der Waals surface area contributed by atoms with Crippen molar-refractivity contribution in [3.63, 3.8) is 0 Å². The van der Waals surface area contributed by atoms with Gasteiger partial charge in [-0.25, -0.2) is 4.99 Å². The van der Waals surface area contributed by atoms with Gasteiger partial charge < -0.3 is 20.1 Å². The summed E-state index contributed by atoms with van der Waals surface area (Å²) in [6.07, 6.45) is 2.32.